The van der Waals surface area contributed by atoms with Crippen molar-refractivity contribution in [3.05, 3.63) is 24.0 Å². The highest BCUT2D eigenvalue weighted by molar-refractivity contribution is 5.76. The number of hydrogen-bond donors (Lipinski definition) is 2. The number of amides is 1. The summed E-state index contributed by atoms with van der Waals surface area (Å²) in [4.78, 5) is 16.8. The average molecular weight is 235 g/mol. The Morgan fingerprint density at radius 2 is 2.47 bits per heavy atom. The summed E-state index contributed by atoms with van der Waals surface area (Å²) < 4.78 is 0. The number of nitrogens with one attached hydrogen (secondary N) is 2. The number of carbonyl (C=O) groups is 1. The van der Waals surface area contributed by atoms with Gasteiger partial charge in [0.1, 0.15) is 0 Å². The summed E-state index contributed by atoms with van der Waals surface area (Å²) in [5.41, 5.74) is 1.26. The third kappa shape index (κ3) is 3.60. The average Bonchev–Trinajstić information content (AvgIpc) is 2.98. The van der Waals surface area contributed by atoms with Gasteiger partial charge in [0.15, 0.2) is 0 Å². The van der Waals surface area contributed by atoms with Crippen LogP contribution in [0, 0.1) is 5.92 Å². The second-order valence-corrected chi connectivity index (χ2v) is 4.85. The van der Waals surface area contributed by atoms with Crippen molar-refractivity contribution in [3.63, 3.8) is 0 Å². The van der Waals surface area contributed by atoms with Gasteiger partial charge in [0, 0.05) is 32.4 Å². The van der Waals surface area contributed by atoms with Crippen molar-refractivity contribution in [2.75, 3.05) is 26.7 Å². The molecule has 1 atom stereocenters. The molecule has 1 aliphatic heterocycles. The van der Waals surface area contributed by atoms with Crippen LogP contribution in [0.15, 0.2) is 18.5 Å². The second-order valence-electron chi connectivity index (χ2n) is 4.85. The fraction of sp³-hybridized carbons (Fsp3) is 0.615. The Morgan fingerprint density at radius 1 is 1.59 bits per heavy atom. The van der Waals surface area contributed by atoms with Gasteiger partial charge in [-0.15, -0.1) is 0 Å². The Balaban J connectivity index is 1.71. The first-order chi connectivity index (χ1) is 8.25. The van der Waals surface area contributed by atoms with Crippen LogP contribution in [-0.2, 0) is 11.2 Å². The minimum atomic E-state index is 0.272. The Hall–Kier alpha value is -1.29. The van der Waals surface area contributed by atoms with Crippen molar-refractivity contribution in [1.82, 2.24) is 15.2 Å². The molecule has 4 nitrogen and oxygen atoms in total. The Labute approximate surface area is 102 Å². The van der Waals surface area contributed by atoms with Crippen molar-refractivity contribution in [1.29, 1.82) is 0 Å². The molecular formula is C13H21N3O. The number of nitrogens with zero attached hydrogens (tertiary/aromatic N) is 1. The van der Waals surface area contributed by atoms with Gasteiger partial charge in [0.05, 0.1) is 0 Å². The van der Waals surface area contributed by atoms with E-state index < -0.39 is 0 Å². The highest BCUT2D eigenvalue weighted by atomic mass is 16.2. The summed E-state index contributed by atoms with van der Waals surface area (Å²) in [7, 11) is 1.90. The van der Waals surface area contributed by atoms with Gasteiger partial charge in [-0.25, -0.2) is 0 Å². The lowest BCUT2D eigenvalue weighted by Crippen LogP contribution is -2.30. The lowest BCUT2D eigenvalue weighted by atomic mass is 10.0. The largest absolute Gasteiger partial charge is 0.367 e. The van der Waals surface area contributed by atoms with E-state index in [1.165, 1.54) is 5.56 Å². The summed E-state index contributed by atoms with van der Waals surface area (Å²) in [6, 6.07) is 2.05. The number of aromatic amines is 1. The lowest BCUT2D eigenvalue weighted by molar-refractivity contribution is -0.130. The van der Waals surface area contributed by atoms with Gasteiger partial charge in [-0.05, 0) is 43.5 Å². The van der Waals surface area contributed by atoms with E-state index in [0.29, 0.717) is 12.3 Å². The SMILES string of the molecule is CN(CCc1cc[nH]c1)C(=O)CC1CCNC1. The van der Waals surface area contributed by atoms with Crippen molar-refractivity contribution in [2.24, 2.45) is 5.92 Å². The topological polar surface area (TPSA) is 48.1 Å². The molecule has 1 aromatic heterocycles. The van der Waals surface area contributed by atoms with Gasteiger partial charge in [-0.1, -0.05) is 0 Å². The van der Waals surface area contributed by atoms with Gasteiger partial charge in [-0.2, -0.15) is 0 Å². The van der Waals surface area contributed by atoms with Crippen molar-refractivity contribution in [3.8, 4) is 0 Å². The van der Waals surface area contributed by atoms with E-state index in [1.54, 1.807) is 0 Å². The Bertz CT molecular complexity index is 342. The number of rotatable bonds is 5. The molecule has 0 spiro atoms. The lowest BCUT2D eigenvalue weighted by Gasteiger charge is -2.18. The van der Waals surface area contributed by atoms with Crippen LogP contribution in [-0.4, -0.2) is 42.5 Å². The van der Waals surface area contributed by atoms with E-state index in [1.807, 2.05) is 24.3 Å². The van der Waals surface area contributed by atoms with E-state index in [2.05, 4.69) is 16.4 Å². The number of aromatic nitrogens is 1. The molecule has 1 fully saturated rings. The number of H-pyrrole nitrogens is 1. The minimum absolute atomic E-state index is 0.272. The predicted molar refractivity (Wildman–Crippen MR) is 67.7 cm³/mol. The first-order valence-corrected chi connectivity index (χ1v) is 6.32. The van der Waals surface area contributed by atoms with Crippen LogP contribution in [0.25, 0.3) is 0 Å². The zero-order valence-electron chi connectivity index (χ0n) is 10.4. The molecule has 1 aliphatic rings. The summed E-state index contributed by atoms with van der Waals surface area (Å²) in [5.74, 6) is 0.812. The maximum absolute atomic E-state index is 11.9. The van der Waals surface area contributed by atoms with Gasteiger partial charge in [-0.3, -0.25) is 4.79 Å². The van der Waals surface area contributed by atoms with E-state index in [4.69, 9.17) is 0 Å². The predicted octanol–water partition coefficient (Wildman–Crippen LogP) is 1.02. The standard InChI is InChI=1S/C13H21N3O/c1-16(7-4-11-2-5-14-9-11)13(17)8-12-3-6-15-10-12/h2,5,9,12,14-15H,3-4,6-8,10H2,1H3. The molecule has 0 saturated carbocycles. The third-order valence-corrected chi connectivity index (χ3v) is 3.45. The second kappa shape index (κ2) is 5.87. The van der Waals surface area contributed by atoms with Crippen molar-refractivity contribution < 1.29 is 4.79 Å². The van der Waals surface area contributed by atoms with Crippen molar-refractivity contribution in [2.45, 2.75) is 19.3 Å². The summed E-state index contributed by atoms with van der Waals surface area (Å²) in [5, 5.41) is 3.30. The number of likely N-dealkylation sites (N-methyl/N-ethyl adjacent to an activating group) is 1. The first-order valence-electron chi connectivity index (χ1n) is 6.32. The van der Waals surface area contributed by atoms with Crippen LogP contribution >= 0.6 is 0 Å². The maximum Gasteiger partial charge on any atom is 0.222 e. The highest BCUT2D eigenvalue weighted by Crippen LogP contribution is 2.13. The maximum atomic E-state index is 11.9. The molecule has 1 saturated heterocycles. The smallest absolute Gasteiger partial charge is 0.222 e. The van der Waals surface area contributed by atoms with Crippen LogP contribution in [0.2, 0.25) is 0 Å². The molecule has 2 N–H and O–H groups in total. The zero-order chi connectivity index (χ0) is 12.1. The Kier molecular flexibility index (Phi) is 4.20. The molecular weight excluding hydrogens is 214 g/mol. The number of hydrogen-bond acceptors (Lipinski definition) is 2. The molecule has 4 heteroatoms. The highest BCUT2D eigenvalue weighted by Gasteiger charge is 2.19. The molecule has 94 valence electrons. The molecule has 1 unspecified atom stereocenters. The molecule has 0 bridgehead atoms. The van der Waals surface area contributed by atoms with Gasteiger partial charge < -0.3 is 15.2 Å². The Morgan fingerprint density at radius 3 is 3.12 bits per heavy atom. The monoisotopic (exact) mass is 235 g/mol. The molecule has 1 aromatic rings. The van der Waals surface area contributed by atoms with E-state index in [-0.39, 0.29) is 5.91 Å². The summed E-state index contributed by atoms with van der Waals surface area (Å²) in [6.07, 6.45) is 6.66. The molecule has 2 rings (SSSR count). The van der Waals surface area contributed by atoms with Crippen LogP contribution < -0.4 is 5.32 Å². The minimum Gasteiger partial charge on any atom is -0.367 e. The molecule has 2 heterocycles. The number of carbonyl (C=O) groups excluding carboxylic acids is 1. The van der Waals surface area contributed by atoms with Gasteiger partial charge in [0.25, 0.3) is 0 Å². The zero-order valence-corrected chi connectivity index (χ0v) is 10.4. The van der Waals surface area contributed by atoms with Gasteiger partial charge in [0.2, 0.25) is 5.91 Å². The molecule has 1 amide bonds. The quantitative estimate of drug-likeness (QED) is 0.800. The summed E-state index contributed by atoms with van der Waals surface area (Å²) in [6.45, 7) is 2.86. The van der Waals surface area contributed by atoms with E-state index in [0.717, 1.165) is 32.5 Å². The molecule has 0 aliphatic carbocycles. The van der Waals surface area contributed by atoms with Crippen LogP contribution in [0.4, 0.5) is 0 Å². The van der Waals surface area contributed by atoms with E-state index in [9.17, 15) is 4.79 Å². The van der Waals surface area contributed by atoms with Crippen LogP contribution in [0.3, 0.4) is 0 Å². The fourth-order valence-electron chi connectivity index (χ4n) is 2.23. The molecule has 0 aromatic carbocycles. The van der Waals surface area contributed by atoms with Crippen LogP contribution in [0.1, 0.15) is 18.4 Å². The van der Waals surface area contributed by atoms with Crippen molar-refractivity contribution >= 4 is 5.91 Å². The normalized spacial score (nSPS) is 19.5. The summed E-state index contributed by atoms with van der Waals surface area (Å²) >= 11 is 0. The fourth-order valence-corrected chi connectivity index (χ4v) is 2.23. The van der Waals surface area contributed by atoms with Crippen LogP contribution in [0.5, 0.6) is 0 Å². The third-order valence-electron chi connectivity index (χ3n) is 3.45. The first kappa shape index (κ1) is 12.2. The van der Waals surface area contributed by atoms with Gasteiger partial charge >= 0.3 is 0 Å². The van der Waals surface area contributed by atoms with E-state index >= 15 is 0 Å². The molecule has 0 radical (unpaired) electrons. The molecule has 17 heavy (non-hydrogen) atoms.